The molecule has 2 nitrogen and oxygen atoms in total. The van der Waals surface area contributed by atoms with Crippen molar-refractivity contribution in [3.63, 3.8) is 0 Å². The summed E-state index contributed by atoms with van der Waals surface area (Å²) in [6.07, 6.45) is 3.92. The van der Waals surface area contributed by atoms with Gasteiger partial charge in [0.25, 0.3) is 0 Å². The summed E-state index contributed by atoms with van der Waals surface area (Å²) in [7, 11) is 0. The van der Waals surface area contributed by atoms with Gasteiger partial charge in [-0.1, -0.05) is 6.07 Å². The average molecular weight is 255 g/mol. The Kier molecular flexibility index (Phi) is 3.92. The molecule has 1 aromatic rings. The van der Waals surface area contributed by atoms with Crippen LogP contribution in [0.5, 0.6) is 0 Å². The fourth-order valence-corrected chi connectivity index (χ4v) is 2.89. The molecule has 0 bridgehead atoms. The van der Waals surface area contributed by atoms with Crippen LogP contribution in [0.2, 0.25) is 0 Å². The molecule has 1 N–H and O–H groups in total. The van der Waals surface area contributed by atoms with Crippen molar-refractivity contribution in [2.75, 3.05) is 12.3 Å². The zero-order chi connectivity index (χ0) is 11.4. The maximum absolute atomic E-state index is 11.6. The lowest BCUT2D eigenvalue weighted by Crippen LogP contribution is -2.28. The Hall–Kier alpha value is -0.480. The Bertz CT molecular complexity index is 344. The molecule has 0 radical (unpaired) electrons. The first-order valence-corrected chi connectivity index (χ1v) is 7.15. The molecule has 88 valence electrons. The van der Waals surface area contributed by atoms with E-state index in [1.165, 1.54) is 4.88 Å². The van der Waals surface area contributed by atoms with Gasteiger partial charge in [-0.3, -0.25) is 4.79 Å². The zero-order valence-electron chi connectivity index (χ0n) is 9.24. The minimum atomic E-state index is 0.183. The highest BCUT2D eigenvalue weighted by Gasteiger charge is 2.42. The molecule has 0 saturated heterocycles. The molecule has 2 rings (SSSR count). The summed E-state index contributed by atoms with van der Waals surface area (Å²) in [6.45, 7) is 0.752. The number of rotatable bonds is 6. The van der Waals surface area contributed by atoms with Gasteiger partial charge in [-0.05, 0) is 41.9 Å². The summed E-state index contributed by atoms with van der Waals surface area (Å²) in [4.78, 5) is 13.0. The second-order valence-electron chi connectivity index (χ2n) is 4.51. The summed E-state index contributed by atoms with van der Waals surface area (Å²) in [5.41, 5.74) is 0.232. The molecule has 1 aromatic heterocycles. The third kappa shape index (κ3) is 3.25. The van der Waals surface area contributed by atoms with Crippen LogP contribution >= 0.6 is 24.0 Å². The molecule has 0 atom stereocenters. The molecule has 1 saturated carbocycles. The van der Waals surface area contributed by atoms with Crippen LogP contribution in [0.1, 0.15) is 24.1 Å². The maximum Gasteiger partial charge on any atom is 0.220 e. The van der Waals surface area contributed by atoms with Gasteiger partial charge in [-0.15, -0.1) is 11.3 Å². The van der Waals surface area contributed by atoms with E-state index in [2.05, 4.69) is 29.4 Å². The number of thiophene rings is 1. The Balaban J connectivity index is 1.64. The molecule has 0 spiro atoms. The van der Waals surface area contributed by atoms with Gasteiger partial charge in [0.2, 0.25) is 5.91 Å². The van der Waals surface area contributed by atoms with Crippen LogP contribution in [-0.2, 0) is 11.2 Å². The van der Waals surface area contributed by atoms with Gasteiger partial charge >= 0.3 is 0 Å². The fraction of sp³-hybridized carbons (Fsp3) is 0.583. The molecule has 4 heteroatoms. The lowest BCUT2D eigenvalue weighted by Gasteiger charge is -2.11. The van der Waals surface area contributed by atoms with Crippen molar-refractivity contribution in [1.82, 2.24) is 5.32 Å². The smallest absolute Gasteiger partial charge is 0.220 e. The predicted octanol–water partition coefficient (Wildman–Crippen LogP) is 2.51. The average Bonchev–Trinajstić information content (AvgIpc) is 2.85. The fourth-order valence-electron chi connectivity index (χ4n) is 1.75. The van der Waals surface area contributed by atoms with Crippen molar-refractivity contribution >= 4 is 29.9 Å². The van der Waals surface area contributed by atoms with Crippen LogP contribution in [0.4, 0.5) is 0 Å². The third-order valence-electron chi connectivity index (χ3n) is 3.10. The summed E-state index contributed by atoms with van der Waals surface area (Å²) < 4.78 is 0. The van der Waals surface area contributed by atoms with Crippen LogP contribution in [0.3, 0.4) is 0 Å². The van der Waals surface area contributed by atoms with Crippen molar-refractivity contribution in [1.29, 1.82) is 0 Å². The minimum absolute atomic E-state index is 0.183. The highest BCUT2D eigenvalue weighted by atomic mass is 32.1. The maximum atomic E-state index is 11.6. The molecule has 1 aliphatic rings. The van der Waals surface area contributed by atoms with Crippen molar-refractivity contribution in [2.24, 2.45) is 5.41 Å². The molecular formula is C12H17NOS2. The van der Waals surface area contributed by atoms with E-state index in [9.17, 15) is 4.79 Å². The van der Waals surface area contributed by atoms with Crippen LogP contribution in [0, 0.1) is 5.41 Å². The Labute approximate surface area is 106 Å². The first-order chi connectivity index (χ1) is 7.74. The number of hydrogen-bond donors (Lipinski definition) is 2. The number of hydrogen-bond acceptors (Lipinski definition) is 3. The second kappa shape index (κ2) is 5.23. The first-order valence-electron chi connectivity index (χ1n) is 5.64. The highest BCUT2D eigenvalue weighted by molar-refractivity contribution is 7.80. The summed E-state index contributed by atoms with van der Waals surface area (Å²) in [6, 6.07) is 4.15. The van der Waals surface area contributed by atoms with E-state index in [0.29, 0.717) is 6.42 Å². The number of amides is 1. The SMILES string of the molecule is O=C(CC1(CS)CC1)NCCc1cccs1. The molecule has 1 aliphatic carbocycles. The highest BCUT2D eigenvalue weighted by Crippen LogP contribution is 2.49. The van der Waals surface area contributed by atoms with Crippen molar-refractivity contribution in [3.8, 4) is 0 Å². The lowest BCUT2D eigenvalue weighted by molar-refractivity contribution is -0.122. The van der Waals surface area contributed by atoms with Gasteiger partial charge in [0.15, 0.2) is 0 Å². The summed E-state index contributed by atoms with van der Waals surface area (Å²) in [5.74, 6) is 1.02. The summed E-state index contributed by atoms with van der Waals surface area (Å²) in [5, 5.41) is 5.05. The van der Waals surface area contributed by atoms with E-state index in [0.717, 1.165) is 31.6 Å². The van der Waals surface area contributed by atoms with Crippen LogP contribution < -0.4 is 5.32 Å². The van der Waals surface area contributed by atoms with E-state index in [1.807, 2.05) is 6.07 Å². The van der Waals surface area contributed by atoms with Crippen LogP contribution in [0.15, 0.2) is 17.5 Å². The minimum Gasteiger partial charge on any atom is -0.356 e. The monoisotopic (exact) mass is 255 g/mol. The second-order valence-corrected chi connectivity index (χ2v) is 5.86. The number of carbonyl (C=O) groups is 1. The molecule has 16 heavy (non-hydrogen) atoms. The van der Waals surface area contributed by atoms with E-state index in [4.69, 9.17) is 0 Å². The van der Waals surface area contributed by atoms with E-state index >= 15 is 0 Å². The number of carbonyl (C=O) groups excluding carboxylic acids is 1. The van der Waals surface area contributed by atoms with Crippen molar-refractivity contribution in [3.05, 3.63) is 22.4 Å². The van der Waals surface area contributed by atoms with Gasteiger partial charge < -0.3 is 5.32 Å². The van der Waals surface area contributed by atoms with Gasteiger partial charge in [-0.25, -0.2) is 0 Å². The standard InChI is InChI=1S/C12H17NOS2/c14-11(8-12(9-15)4-5-12)13-6-3-10-2-1-7-16-10/h1-2,7,15H,3-6,8-9H2,(H,13,14). The zero-order valence-corrected chi connectivity index (χ0v) is 10.9. The normalized spacial score (nSPS) is 17.1. The first kappa shape index (κ1) is 12.0. The molecule has 0 unspecified atom stereocenters. The van der Waals surface area contributed by atoms with Crippen LogP contribution in [-0.4, -0.2) is 18.2 Å². The number of nitrogens with one attached hydrogen (secondary N) is 1. The Morgan fingerprint density at radius 2 is 2.38 bits per heavy atom. The van der Waals surface area contributed by atoms with Gasteiger partial charge in [-0.2, -0.15) is 12.6 Å². The molecule has 1 amide bonds. The van der Waals surface area contributed by atoms with Crippen molar-refractivity contribution < 1.29 is 4.79 Å². The van der Waals surface area contributed by atoms with E-state index in [1.54, 1.807) is 11.3 Å². The van der Waals surface area contributed by atoms with Gasteiger partial charge in [0, 0.05) is 17.8 Å². The summed E-state index contributed by atoms with van der Waals surface area (Å²) >= 11 is 6.04. The molecular weight excluding hydrogens is 238 g/mol. The molecule has 1 heterocycles. The Morgan fingerprint density at radius 3 is 2.94 bits per heavy atom. The molecule has 0 aliphatic heterocycles. The lowest BCUT2D eigenvalue weighted by atomic mass is 10.1. The van der Waals surface area contributed by atoms with Crippen LogP contribution in [0.25, 0.3) is 0 Å². The Morgan fingerprint density at radius 1 is 1.56 bits per heavy atom. The molecule has 0 aromatic carbocycles. The topological polar surface area (TPSA) is 29.1 Å². The predicted molar refractivity (Wildman–Crippen MR) is 71.2 cm³/mol. The quantitative estimate of drug-likeness (QED) is 0.751. The largest absolute Gasteiger partial charge is 0.356 e. The van der Waals surface area contributed by atoms with E-state index < -0.39 is 0 Å². The van der Waals surface area contributed by atoms with Gasteiger partial charge in [0.05, 0.1) is 0 Å². The van der Waals surface area contributed by atoms with E-state index in [-0.39, 0.29) is 11.3 Å². The number of thiol groups is 1. The third-order valence-corrected chi connectivity index (χ3v) is 4.71. The molecule has 1 fully saturated rings. The van der Waals surface area contributed by atoms with Crippen molar-refractivity contribution in [2.45, 2.75) is 25.7 Å². The van der Waals surface area contributed by atoms with Gasteiger partial charge in [0.1, 0.15) is 0 Å².